The van der Waals surface area contributed by atoms with Crippen molar-refractivity contribution >= 4 is 5.78 Å². The first kappa shape index (κ1) is 17.6. The number of rotatable bonds is 9. The van der Waals surface area contributed by atoms with Gasteiger partial charge in [0.25, 0.3) is 0 Å². The third-order valence-corrected chi connectivity index (χ3v) is 3.20. The Kier molecular flexibility index (Phi) is 7.37. The van der Waals surface area contributed by atoms with Gasteiger partial charge in [-0.2, -0.15) is 0 Å². The molecule has 1 aromatic carbocycles. The van der Waals surface area contributed by atoms with E-state index in [2.05, 4.69) is 0 Å². The molecule has 4 heteroatoms. The Balaban J connectivity index is 2.26. The average molecular weight is 296 g/mol. The fraction of sp³-hybridized carbons (Fsp3) is 0.588. The van der Waals surface area contributed by atoms with Crippen LogP contribution in [-0.2, 0) is 9.53 Å². The van der Waals surface area contributed by atoms with Crippen molar-refractivity contribution in [1.29, 1.82) is 0 Å². The zero-order valence-electron chi connectivity index (χ0n) is 13.3. The second-order valence-corrected chi connectivity index (χ2v) is 5.72. The molecule has 0 aliphatic carbocycles. The normalized spacial score (nSPS) is 11.2. The summed E-state index contributed by atoms with van der Waals surface area (Å²) in [6, 6.07) is 5.05. The highest BCUT2D eigenvalue weighted by atomic mass is 19.1. The molecule has 0 N–H and O–H groups in total. The van der Waals surface area contributed by atoms with Gasteiger partial charge in [-0.15, -0.1) is 0 Å². The summed E-state index contributed by atoms with van der Waals surface area (Å²) in [5.41, 5.74) is 0.954. The van der Waals surface area contributed by atoms with Crippen LogP contribution in [0.4, 0.5) is 4.39 Å². The van der Waals surface area contributed by atoms with Gasteiger partial charge in [0.05, 0.1) is 13.2 Å². The van der Waals surface area contributed by atoms with Crippen LogP contribution in [0.5, 0.6) is 5.75 Å². The number of Topliss-reactive ketones (excluding diaryl/α,β-unsaturated/α-hetero) is 1. The molecule has 0 heterocycles. The van der Waals surface area contributed by atoms with Crippen molar-refractivity contribution in [3.8, 4) is 5.75 Å². The molecule has 118 valence electrons. The van der Waals surface area contributed by atoms with Gasteiger partial charge in [0.1, 0.15) is 6.61 Å². The number of benzene rings is 1. The number of carbonyl (C=O) groups is 1. The number of halogens is 1. The number of carbonyl (C=O) groups excluding carboxylic acids is 1. The summed E-state index contributed by atoms with van der Waals surface area (Å²) in [7, 11) is 0. The van der Waals surface area contributed by atoms with Crippen LogP contribution < -0.4 is 4.74 Å². The summed E-state index contributed by atoms with van der Waals surface area (Å²) in [6.45, 7) is 8.67. The van der Waals surface area contributed by atoms with Crippen molar-refractivity contribution in [3.05, 3.63) is 29.6 Å². The lowest BCUT2D eigenvalue weighted by molar-refractivity contribution is -0.126. The fourth-order valence-corrected chi connectivity index (χ4v) is 1.68. The summed E-state index contributed by atoms with van der Waals surface area (Å²) in [6.07, 6.45) is 0.622. The Bertz CT molecular complexity index is 455. The van der Waals surface area contributed by atoms with Gasteiger partial charge in [0.2, 0.25) is 0 Å². The Morgan fingerprint density at radius 2 is 1.90 bits per heavy atom. The smallest absolute Gasteiger partial charge is 0.165 e. The standard InChI is InChI=1S/C17H25FO3/c1-12(2)14-6-7-17(15(18)10-14)21-9-5-8-20-11-16(19)13(3)4/h6-7,10,12-13H,5,8-9,11H2,1-4H3. The molecule has 21 heavy (non-hydrogen) atoms. The SMILES string of the molecule is CC(C)C(=O)COCCCOc1ccc(C(C)C)cc1F. The van der Waals surface area contributed by atoms with Crippen molar-refractivity contribution < 1.29 is 18.7 Å². The van der Waals surface area contributed by atoms with E-state index in [1.165, 1.54) is 6.07 Å². The van der Waals surface area contributed by atoms with Gasteiger partial charge < -0.3 is 9.47 Å². The molecule has 3 nitrogen and oxygen atoms in total. The van der Waals surface area contributed by atoms with E-state index in [0.717, 1.165) is 5.56 Å². The second kappa shape index (κ2) is 8.78. The Labute approximate surface area is 126 Å². The minimum absolute atomic E-state index is 0.00480. The average Bonchev–Trinajstić information content (AvgIpc) is 2.43. The molecule has 0 saturated heterocycles. The minimum atomic E-state index is -0.336. The van der Waals surface area contributed by atoms with Crippen LogP contribution in [0.15, 0.2) is 18.2 Å². The molecule has 0 radical (unpaired) electrons. The summed E-state index contributed by atoms with van der Waals surface area (Å²) in [5.74, 6) is 0.302. The van der Waals surface area contributed by atoms with Gasteiger partial charge in [-0.05, 0) is 23.6 Å². The molecule has 1 aromatic rings. The highest BCUT2D eigenvalue weighted by Crippen LogP contribution is 2.22. The van der Waals surface area contributed by atoms with Crippen LogP contribution in [0.2, 0.25) is 0 Å². The molecule has 0 aliphatic heterocycles. The van der Waals surface area contributed by atoms with E-state index in [9.17, 15) is 9.18 Å². The van der Waals surface area contributed by atoms with E-state index in [1.807, 2.05) is 33.8 Å². The monoisotopic (exact) mass is 296 g/mol. The molecule has 0 unspecified atom stereocenters. The van der Waals surface area contributed by atoms with E-state index in [0.29, 0.717) is 25.6 Å². The lowest BCUT2D eigenvalue weighted by Crippen LogP contribution is -2.16. The summed E-state index contributed by atoms with van der Waals surface area (Å²) in [5, 5.41) is 0. The third kappa shape index (κ3) is 6.25. The molecular weight excluding hydrogens is 271 g/mol. The predicted octanol–water partition coefficient (Wildman–Crippen LogP) is 3.96. The molecule has 0 saturated carbocycles. The van der Waals surface area contributed by atoms with Gasteiger partial charge >= 0.3 is 0 Å². The van der Waals surface area contributed by atoms with Crippen molar-refractivity contribution in [2.75, 3.05) is 19.8 Å². The maximum Gasteiger partial charge on any atom is 0.165 e. The van der Waals surface area contributed by atoms with E-state index < -0.39 is 0 Å². The van der Waals surface area contributed by atoms with Gasteiger partial charge in [-0.25, -0.2) is 4.39 Å². The molecular formula is C17H25FO3. The molecule has 1 rings (SSSR count). The third-order valence-electron chi connectivity index (χ3n) is 3.20. The highest BCUT2D eigenvalue weighted by molar-refractivity contribution is 5.81. The van der Waals surface area contributed by atoms with E-state index >= 15 is 0 Å². The molecule has 0 aromatic heterocycles. The lowest BCUT2D eigenvalue weighted by atomic mass is 10.0. The number of ether oxygens (including phenoxy) is 2. The minimum Gasteiger partial charge on any atom is -0.490 e. The summed E-state index contributed by atoms with van der Waals surface area (Å²) < 4.78 is 24.4. The van der Waals surface area contributed by atoms with Gasteiger partial charge in [0.15, 0.2) is 17.3 Å². The molecule has 0 amide bonds. The molecule has 0 aliphatic rings. The predicted molar refractivity (Wildman–Crippen MR) is 81.3 cm³/mol. The lowest BCUT2D eigenvalue weighted by Gasteiger charge is -2.10. The van der Waals surface area contributed by atoms with E-state index in [-0.39, 0.29) is 29.9 Å². The molecule has 0 fully saturated rings. The summed E-state index contributed by atoms with van der Waals surface area (Å²) in [4.78, 5) is 11.3. The first-order valence-corrected chi connectivity index (χ1v) is 7.44. The van der Waals surface area contributed by atoms with Crippen LogP contribution in [0.1, 0.15) is 45.6 Å². The van der Waals surface area contributed by atoms with Crippen molar-refractivity contribution in [3.63, 3.8) is 0 Å². The Morgan fingerprint density at radius 3 is 2.48 bits per heavy atom. The van der Waals surface area contributed by atoms with Crippen LogP contribution in [0.3, 0.4) is 0 Å². The maximum atomic E-state index is 13.8. The zero-order valence-corrected chi connectivity index (χ0v) is 13.3. The maximum absolute atomic E-state index is 13.8. The van der Waals surface area contributed by atoms with E-state index in [1.54, 1.807) is 6.07 Å². The topological polar surface area (TPSA) is 35.5 Å². The Hall–Kier alpha value is -1.42. The first-order chi connectivity index (χ1) is 9.91. The van der Waals surface area contributed by atoms with E-state index in [4.69, 9.17) is 9.47 Å². The highest BCUT2D eigenvalue weighted by Gasteiger charge is 2.08. The number of ketones is 1. The molecule has 0 spiro atoms. The largest absolute Gasteiger partial charge is 0.490 e. The second-order valence-electron chi connectivity index (χ2n) is 5.72. The van der Waals surface area contributed by atoms with Crippen LogP contribution in [0.25, 0.3) is 0 Å². The van der Waals surface area contributed by atoms with Crippen LogP contribution >= 0.6 is 0 Å². The zero-order chi connectivity index (χ0) is 15.8. The quantitative estimate of drug-likeness (QED) is 0.647. The van der Waals surface area contributed by atoms with Crippen LogP contribution in [-0.4, -0.2) is 25.6 Å². The number of hydrogen-bond donors (Lipinski definition) is 0. The molecule has 0 atom stereocenters. The fourth-order valence-electron chi connectivity index (χ4n) is 1.68. The van der Waals surface area contributed by atoms with Gasteiger partial charge in [-0.3, -0.25) is 4.79 Å². The van der Waals surface area contributed by atoms with Crippen molar-refractivity contribution in [2.45, 2.75) is 40.0 Å². The molecule has 0 bridgehead atoms. The van der Waals surface area contributed by atoms with Crippen molar-refractivity contribution in [2.24, 2.45) is 5.92 Å². The van der Waals surface area contributed by atoms with Gasteiger partial charge in [-0.1, -0.05) is 33.8 Å². The first-order valence-electron chi connectivity index (χ1n) is 7.44. The Morgan fingerprint density at radius 1 is 1.19 bits per heavy atom. The summed E-state index contributed by atoms with van der Waals surface area (Å²) >= 11 is 0. The number of hydrogen-bond acceptors (Lipinski definition) is 3. The van der Waals surface area contributed by atoms with Crippen molar-refractivity contribution in [1.82, 2.24) is 0 Å². The van der Waals surface area contributed by atoms with Crippen LogP contribution in [0, 0.1) is 11.7 Å². The van der Waals surface area contributed by atoms with Gasteiger partial charge in [0, 0.05) is 12.3 Å².